The van der Waals surface area contributed by atoms with Gasteiger partial charge in [0, 0.05) is 0 Å². The van der Waals surface area contributed by atoms with Gasteiger partial charge in [0.2, 0.25) is 0 Å². The third kappa shape index (κ3) is 8.27. The van der Waals surface area contributed by atoms with Crippen LogP contribution >= 0.6 is 0 Å². The van der Waals surface area contributed by atoms with Crippen LogP contribution in [0.15, 0.2) is 93.5 Å². The smallest absolute Gasteiger partial charge is 0.438 e. The number of hydrogen-bond donors (Lipinski definition) is 1. The summed E-state index contributed by atoms with van der Waals surface area (Å²) in [5.74, 6) is -4.97. The van der Waals surface area contributed by atoms with Gasteiger partial charge in [-0.25, -0.2) is 0 Å². The van der Waals surface area contributed by atoms with Gasteiger partial charge in [0.05, 0.1) is 10.9 Å². The Morgan fingerprint density at radius 3 is 1.24 bits per heavy atom. The quantitative estimate of drug-likeness (QED) is 0.127. The number of hydrogen-bond acceptors (Lipinski definition) is 4. The van der Waals surface area contributed by atoms with E-state index in [0.717, 1.165) is 36.4 Å². The molecule has 0 saturated carbocycles. The van der Waals surface area contributed by atoms with E-state index in [1.165, 1.54) is 30.3 Å². The summed E-state index contributed by atoms with van der Waals surface area (Å²) in [6, 6.07) is 14.1. The van der Waals surface area contributed by atoms with Crippen LogP contribution < -0.4 is 9.47 Å². The molecule has 3 aromatic rings. The maximum absolute atomic E-state index is 13.7. The molecule has 0 heterocycles. The molecule has 0 aromatic heterocycles. The summed E-state index contributed by atoms with van der Waals surface area (Å²) >= 11 is 0. The van der Waals surface area contributed by atoms with Crippen molar-refractivity contribution >= 4 is 21.0 Å². The van der Waals surface area contributed by atoms with Crippen molar-refractivity contribution in [2.75, 3.05) is 12.4 Å². The second kappa shape index (κ2) is 13.3. The van der Waals surface area contributed by atoms with Crippen LogP contribution in [-0.4, -0.2) is 61.8 Å². The third-order valence-corrected chi connectivity index (χ3v) is 9.60. The molecule has 0 spiro atoms. The van der Waals surface area contributed by atoms with E-state index in [2.05, 4.69) is 9.47 Å². The van der Waals surface area contributed by atoms with Gasteiger partial charge in [-0.15, -0.1) is 0 Å². The van der Waals surface area contributed by atoms with Crippen LogP contribution in [0.2, 0.25) is 0 Å². The van der Waals surface area contributed by atoms with E-state index in [1.807, 2.05) is 0 Å². The molecule has 1 N–H and O–H groups in total. The molecule has 0 aliphatic rings. The fraction of sp³-hybridized carbons (Fsp3) is 0.333. The van der Waals surface area contributed by atoms with E-state index in [0.29, 0.717) is 17.0 Å². The molecule has 0 radical (unpaired) electrons. The fourth-order valence-corrected chi connectivity index (χ4v) is 7.09. The van der Waals surface area contributed by atoms with Crippen LogP contribution in [0, 0.1) is 5.41 Å². The second-order valence-corrected chi connectivity index (χ2v) is 13.4. The average Bonchev–Trinajstić information content (AvgIpc) is 2.91. The Kier molecular flexibility index (Phi) is 10.8. The topological polar surface area (TPSA) is 72.8 Å². The minimum atomic E-state index is -6.87. The predicted molar refractivity (Wildman–Crippen MR) is 139 cm³/mol. The highest BCUT2D eigenvalue weighted by atomic mass is 32.2. The molecule has 0 bridgehead atoms. The van der Waals surface area contributed by atoms with Gasteiger partial charge in [-0.05, 0) is 60.7 Å². The average molecular weight is 772 g/mol. The van der Waals surface area contributed by atoms with E-state index >= 15 is 0 Å². The minimum absolute atomic E-state index is 0.0943. The summed E-state index contributed by atoms with van der Waals surface area (Å²) in [4.78, 5) is 0.602. The van der Waals surface area contributed by atoms with Crippen molar-refractivity contribution in [3.05, 3.63) is 78.9 Å². The first-order chi connectivity index (χ1) is 22.1. The summed E-state index contributed by atoms with van der Waals surface area (Å²) in [6.45, 7) is -2.93. The maximum atomic E-state index is 13.7. The lowest BCUT2D eigenvalue weighted by molar-refractivity contribution is -0.431. The standard InChI is InChI=1S/C27H17F15O5S2/c28-23(29,30)21(24(31,32)33,25(34,35)36)14-46-16-6-10-19(11-7-16)48(18-4-2-1-3-5-18)20-12-8-17(9-13-20)47-22(26(37,38)39,27(40,41)42)15-49(43,44)45/h1-13H,14-15H2/p+1. The zero-order chi connectivity index (χ0) is 37.5. The van der Waals surface area contributed by atoms with Crippen molar-refractivity contribution in [2.24, 2.45) is 5.41 Å². The first kappa shape index (κ1) is 39.9. The first-order valence-electron chi connectivity index (χ1n) is 12.7. The summed E-state index contributed by atoms with van der Waals surface area (Å²) in [5.41, 5.74) is -11.7. The Hall–Kier alpha value is -3.53. The van der Waals surface area contributed by atoms with Gasteiger partial charge in [-0.3, -0.25) is 4.55 Å². The summed E-state index contributed by atoms with van der Waals surface area (Å²) in [6.07, 6.45) is -33.4. The molecule has 0 saturated heterocycles. The highest BCUT2D eigenvalue weighted by Gasteiger charge is 2.84. The van der Waals surface area contributed by atoms with Crippen molar-refractivity contribution in [1.29, 1.82) is 0 Å². The van der Waals surface area contributed by atoms with E-state index in [1.54, 1.807) is 0 Å². The highest BCUT2D eigenvalue weighted by Crippen LogP contribution is 2.59. The lowest BCUT2D eigenvalue weighted by atomic mass is 9.86. The Labute approximate surface area is 268 Å². The largest absolute Gasteiger partial charge is 0.492 e. The summed E-state index contributed by atoms with van der Waals surface area (Å²) < 4.78 is 241. The zero-order valence-corrected chi connectivity index (χ0v) is 25.1. The highest BCUT2D eigenvalue weighted by molar-refractivity contribution is 7.97. The molecule has 0 aliphatic carbocycles. The molecule has 1 atom stereocenters. The van der Waals surface area contributed by atoms with Crippen LogP contribution in [0.4, 0.5) is 65.9 Å². The van der Waals surface area contributed by atoms with Crippen LogP contribution in [-0.2, 0) is 21.0 Å². The fourth-order valence-electron chi connectivity index (χ4n) is 4.13. The van der Waals surface area contributed by atoms with Gasteiger partial charge in [-0.2, -0.15) is 74.3 Å². The molecule has 49 heavy (non-hydrogen) atoms. The number of alkyl halides is 15. The van der Waals surface area contributed by atoms with Gasteiger partial charge in [0.25, 0.3) is 15.5 Å². The molecule has 0 aliphatic heterocycles. The van der Waals surface area contributed by atoms with Crippen molar-refractivity contribution in [3.8, 4) is 11.5 Å². The zero-order valence-electron chi connectivity index (χ0n) is 23.5. The summed E-state index contributed by atoms with van der Waals surface area (Å²) in [7, 11) is -7.34. The van der Waals surface area contributed by atoms with E-state index < -0.39 is 86.8 Å². The molecule has 22 heteroatoms. The number of benzene rings is 3. The normalized spacial score (nSPS) is 14.8. The SMILES string of the molecule is O=S(=O)(O)CC(Oc1ccc([S+](c2ccccc2)c2ccc(OCC(C(F)(F)F)(C(F)(F)F)C(F)(F)F)cc2)cc1)(C(F)(F)F)C(F)(F)F. The summed E-state index contributed by atoms with van der Waals surface area (Å²) in [5, 5.41) is 0. The Bertz CT molecular complexity index is 1610. The van der Waals surface area contributed by atoms with Crippen LogP contribution in [0.3, 0.4) is 0 Å². The minimum Gasteiger partial charge on any atom is -0.492 e. The van der Waals surface area contributed by atoms with E-state index in [4.69, 9.17) is 4.55 Å². The van der Waals surface area contributed by atoms with E-state index in [9.17, 15) is 74.3 Å². The van der Waals surface area contributed by atoms with Gasteiger partial charge in [-0.1, -0.05) is 18.2 Å². The molecule has 1 unspecified atom stereocenters. The lowest BCUT2D eigenvalue weighted by Gasteiger charge is -2.38. The van der Waals surface area contributed by atoms with Crippen molar-refractivity contribution in [1.82, 2.24) is 0 Å². The van der Waals surface area contributed by atoms with Gasteiger partial charge in [0.15, 0.2) is 14.7 Å². The third-order valence-electron chi connectivity index (χ3n) is 6.60. The molecule has 0 fully saturated rings. The molecule has 0 amide bonds. The Balaban J connectivity index is 2.02. The maximum Gasteiger partial charge on any atom is 0.438 e. The van der Waals surface area contributed by atoms with Crippen LogP contribution in [0.25, 0.3) is 0 Å². The van der Waals surface area contributed by atoms with Crippen molar-refractivity contribution < 1.29 is 88.3 Å². The van der Waals surface area contributed by atoms with Crippen molar-refractivity contribution in [2.45, 2.75) is 51.2 Å². The van der Waals surface area contributed by atoms with Gasteiger partial charge >= 0.3 is 36.5 Å². The van der Waals surface area contributed by atoms with E-state index in [-0.39, 0.29) is 9.79 Å². The number of ether oxygens (including phenoxy) is 2. The molecule has 3 rings (SSSR count). The second-order valence-electron chi connectivity index (χ2n) is 9.90. The van der Waals surface area contributed by atoms with Crippen LogP contribution in [0.5, 0.6) is 11.5 Å². The monoisotopic (exact) mass is 771 g/mol. The molecule has 3 aromatic carbocycles. The Morgan fingerprint density at radius 2 is 0.898 bits per heavy atom. The molecular formula is C27H18F15O5S2+. The number of halogens is 15. The molecule has 5 nitrogen and oxygen atoms in total. The first-order valence-corrected chi connectivity index (χ1v) is 15.5. The van der Waals surface area contributed by atoms with Gasteiger partial charge in [0.1, 0.15) is 23.9 Å². The predicted octanol–water partition coefficient (Wildman–Crippen LogP) is 8.96. The lowest BCUT2D eigenvalue weighted by Crippen LogP contribution is -2.64. The Morgan fingerprint density at radius 1 is 0.531 bits per heavy atom. The molecule has 272 valence electrons. The van der Waals surface area contributed by atoms with Gasteiger partial charge < -0.3 is 9.47 Å². The van der Waals surface area contributed by atoms with Crippen molar-refractivity contribution in [3.63, 3.8) is 0 Å². The number of rotatable bonds is 10. The van der Waals surface area contributed by atoms with Crippen LogP contribution in [0.1, 0.15) is 0 Å². The molecular weight excluding hydrogens is 753 g/mol.